The lowest BCUT2D eigenvalue weighted by molar-refractivity contribution is -0.145. The van der Waals surface area contributed by atoms with Gasteiger partial charge in [-0.25, -0.2) is 4.39 Å². The maximum absolute atomic E-state index is 13.0. The molecule has 1 aromatic rings. The molecule has 2 N–H and O–H groups in total. The summed E-state index contributed by atoms with van der Waals surface area (Å²) in [5.41, 5.74) is -1.03. The van der Waals surface area contributed by atoms with Gasteiger partial charge in [0.25, 0.3) is 0 Å². The fourth-order valence-electron chi connectivity index (χ4n) is 2.33. The lowest BCUT2D eigenvalue weighted by Crippen LogP contribution is -2.41. The number of carboxylic acid groups (broad SMARTS) is 1. The largest absolute Gasteiger partial charge is 0.491 e. The molecule has 1 saturated carbocycles. The Kier molecular flexibility index (Phi) is 4.50. The van der Waals surface area contributed by atoms with Gasteiger partial charge in [0.2, 0.25) is 0 Å². The van der Waals surface area contributed by atoms with Gasteiger partial charge in [-0.05, 0) is 37.8 Å². The van der Waals surface area contributed by atoms with Crippen LogP contribution in [0.5, 0.6) is 5.75 Å². The van der Waals surface area contributed by atoms with Gasteiger partial charge in [0.1, 0.15) is 18.2 Å². The molecule has 1 fully saturated rings. The quantitative estimate of drug-likeness (QED) is 0.897. The topological polar surface area (TPSA) is 66.8 Å². The fraction of sp³-hybridized carbons (Fsp3) is 0.500. The van der Waals surface area contributed by atoms with Crippen molar-refractivity contribution in [1.29, 1.82) is 0 Å². The first-order chi connectivity index (χ1) is 9.39. The summed E-state index contributed by atoms with van der Waals surface area (Å²) in [6.07, 6.45) is 1.61. The van der Waals surface area contributed by atoms with Crippen molar-refractivity contribution in [3.8, 4) is 5.75 Å². The molecule has 0 radical (unpaired) electrons. The number of hydrogen-bond donors (Lipinski definition) is 2. The summed E-state index contributed by atoms with van der Waals surface area (Å²) in [4.78, 5) is 10.9. The average Bonchev–Trinajstić information content (AvgIpc) is 2.41. The lowest BCUT2D eigenvalue weighted by atomic mass is 9.79. The van der Waals surface area contributed by atoms with Crippen molar-refractivity contribution >= 4 is 17.6 Å². The average molecular weight is 303 g/mol. The highest BCUT2D eigenvalue weighted by Gasteiger charge is 2.36. The third-order valence-electron chi connectivity index (χ3n) is 3.66. The molecule has 1 aromatic carbocycles. The zero-order valence-electron chi connectivity index (χ0n) is 10.8. The summed E-state index contributed by atoms with van der Waals surface area (Å²) < 4.78 is 18.4. The molecule has 6 heteroatoms. The van der Waals surface area contributed by atoms with Crippen LogP contribution in [0.3, 0.4) is 0 Å². The van der Waals surface area contributed by atoms with Crippen LogP contribution in [-0.2, 0) is 4.79 Å². The van der Waals surface area contributed by atoms with Crippen LogP contribution in [0.2, 0.25) is 5.02 Å². The molecule has 0 aromatic heterocycles. The van der Waals surface area contributed by atoms with Crippen molar-refractivity contribution < 1.29 is 24.1 Å². The summed E-state index contributed by atoms with van der Waals surface area (Å²) >= 11 is 5.64. The number of aliphatic carboxylic acids is 1. The Bertz CT molecular complexity index is 498. The summed E-state index contributed by atoms with van der Waals surface area (Å²) in [5, 5.41) is 19.2. The van der Waals surface area contributed by atoms with Crippen LogP contribution < -0.4 is 4.74 Å². The van der Waals surface area contributed by atoms with E-state index in [4.69, 9.17) is 21.4 Å². The van der Waals surface area contributed by atoms with E-state index in [0.29, 0.717) is 31.4 Å². The molecule has 0 aliphatic heterocycles. The molecule has 1 aliphatic rings. The first kappa shape index (κ1) is 15.1. The lowest BCUT2D eigenvalue weighted by Gasteiger charge is -2.34. The number of carbonyl (C=O) groups is 1. The van der Waals surface area contributed by atoms with Crippen molar-refractivity contribution in [3.05, 3.63) is 29.0 Å². The zero-order chi connectivity index (χ0) is 14.8. The molecule has 20 heavy (non-hydrogen) atoms. The van der Waals surface area contributed by atoms with Gasteiger partial charge in [-0.3, -0.25) is 4.79 Å². The fourth-order valence-corrected chi connectivity index (χ4v) is 2.50. The Morgan fingerprint density at radius 1 is 1.45 bits per heavy atom. The molecule has 4 nitrogen and oxygen atoms in total. The van der Waals surface area contributed by atoms with E-state index < -0.39 is 23.3 Å². The molecule has 0 saturated heterocycles. The molecule has 2 rings (SSSR count). The van der Waals surface area contributed by atoms with Gasteiger partial charge in [-0.1, -0.05) is 11.6 Å². The van der Waals surface area contributed by atoms with Crippen LogP contribution in [0.15, 0.2) is 18.2 Å². The Morgan fingerprint density at radius 3 is 2.65 bits per heavy atom. The molecule has 0 heterocycles. The minimum atomic E-state index is -1.03. The zero-order valence-corrected chi connectivity index (χ0v) is 11.6. The smallest absolute Gasteiger partial charge is 0.306 e. The predicted octanol–water partition coefficient (Wildman–Crippen LogP) is 2.86. The summed E-state index contributed by atoms with van der Waals surface area (Å²) in [6.45, 7) is 0.0430. The summed E-state index contributed by atoms with van der Waals surface area (Å²) in [7, 11) is 0. The van der Waals surface area contributed by atoms with Gasteiger partial charge in [0, 0.05) is 6.07 Å². The molecule has 1 aliphatic carbocycles. The van der Waals surface area contributed by atoms with E-state index in [1.807, 2.05) is 0 Å². The van der Waals surface area contributed by atoms with E-state index in [-0.39, 0.29) is 11.6 Å². The predicted molar refractivity (Wildman–Crippen MR) is 71.4 cm³/mol. The first-order valence-corrected chi connectivity index (χ1v) is 6.80. The van der Waals surface area contributed by atoms with Gasteiger partial charge in [0.15, 0.2) is 0 Å². The van der Waals surface area contributed by atoms with E-state index in [9.17, 15) is 14.3 Å². The second kappa shape index (κ2) is 5.97. The van der Waals surface area contributed by atoms with E-state index in [1.165, 1.54) is 18.2 Å². The van der Waals surface area contributed by atoms with Crippen molar-refractivity contribution in [2.45, 2.75) is 31.3 Å². The molecule has 110 valence electrons. The molecule has 0 unspecified atom stereocenters. The second-order valence-corrected chi connectivity index (χ2v) is 5.61. The van der Waals surface area contributed by atoms with Crippen molar-refractivity contribution in [1.82, 2.24) is 0 Å². The molecule has 0 bridgehead atoms. The molecule has 0 amide bonds. The standard InChI is InChI=1S/C14H16ClFO4/c15-11-7-10(1-2-12(11)16)20-8-14(19)5-3-9(4-6-14)13(17)18/h1-2,7,9,19H,3-6,8H2,(H,17,18). The number of rotatable bonds is 4. The highest BCUT2D eigenvalue weighted by Crippen LogP contribution is 2.33. The van der Waals surface area contributed by atoms with Crippen molar-refractivity contribution in [3.63, 3.8) is 0 Å². The van der Waals surface area contributed by atoms with Crippen LogP contribution in [-0.4, -0.2) is 28.4 Å². The third kappa shape index (κ3) is 3.61. The Labute approximate surface area is 121 Å². The van der Waals surface area contributed by atoms with Gasteiger partial charge in [-0.15, -0.1) is 0 Å². The summed E-state index contributed by atoms with van der Waals surface area (Å²) in [6, 6.07) is 3.99. The third-order valence-corrected chi connectivity index (χ3v) is 3.95. The van der Waals surface area contributed by atoms with Crippen LogP contribution in [0.25, 0.3) is 0 Å². The molecule has 0 spiro atoms. The Balaban J connectivity index is 1.90. The molecular weight excluding hydrogens is 287 g/mol. The van der Waals surface area contributed by atoms with Crippen LogP contribution in [0, 0.1) is 11.7 Å². The van der Waals surface area contributed by atoms with Crippen LogP contribution in [0.4, 0.5) is 4.39 Å². The maximum atomic E-state index is 13.0. The normalized spacial score (nSPS) is 26.2. The number of benzene rings is 1. The highest BCUT2D eigenvalue weighted by atomic mass is 35.5. The minimum Gasteiger partial charge on any atom is -0.491 e. The SMILES string of the molecule is O=C(O)C1CCC(O)(COc2ccc(F)c(Cl)c2)CC1. The number of ether oxygens (including phenoxy) is 1. The van der Waals surface area contributed by atoms with Gasteiger partial charge in [0.05, 0.1) is 16.5 Å². The maximum Gasteiger partial charge on any atom is 0.306 e. The summed E-state index contributed by atoms with van der Waals surface area (Å²) in [5.74, 6) is -1.36. The van der Waals surface area contributed by atoms with Crippen LogP contribution >= 0.6 is 11.6 Å². The minimum absolute atomic E-state index is 0.0379. The van der Waals surface area contributed by atoms with E-state index in [0.717, 1.165) is 0 Å². The molecule has 0 atom stereocenters. The van der Waals surface area contributed by atoms with E-state index in [2.05, 4.69) is 0 Å². The highest BCUT2D eigenvalue weighted by molar-refractivity contribution is 6.30. The number of carboxylic acids is 1. The van der Waals surface area contributed by atoms with Crippen LogP contribution in [0.1, 0.15) is 25.7 Å². The van der Waals surface area contributed by atoms with Gasteiger partial charge in [-0.2, -0.15) is 0 Å². The second-order valence-electron chi connectivity index (χ2n) is 5.20. The Morgan fingerprint density at radius 2 is 2.10 bits per heavy atom. The van der Waals surface area contributed by atoms with Gasteiger partial charge >= 0.3 is 5.97 Å². The number of hydrogen-bond acceptors (Lipinski definition) is 3. The van der Waals surface area contributed by atoms with Crippen molar-refractivity contribution in [2.24, 2.45) is 5.92 Å². The van der Waals surface area contributed by atoms with E-state index in [1.54, 1.807) is 0 Å². The van der Waals surface area contributed by atoms with Gasteiger partial charge < -0.3 is 14.9 Å². The Hall–Kier alpha value is -1.33. The first-order valence-electron chi connectivity index (χ1n) is 6.43. The van der Waals surface area contributed by atoms with E-state index >= 15 is 0 Å². The molecular formula is C14H16ClFO4. The number of halogens is 2. The number of aliphatic hydroxyl groups is 1. The van der Waals surface area contributed by atoms with Crippen molar-refractivity contribution in [2.75, 3.05) is 6.61 Å². The monoisotopic (exact) mass is 302 g/mol.